The van der Waals surface area contributed by atoms with Crippen LogP contribution in [0.3, 0.4) is 0 Å². The van der Waals surface area contributed by atoms with E-state index in [1.165, 1.54) is 0 Å². The van der Waals surface area contributed by atoms with E-state index in [-0.39, 0.29) is 0 Å². The van der Waals surface area contributed by atoms with Crippen molar-refractivity contribution < 1.29 is 0 Å². The van der Waals surface area contributed by atoms with Gasteiger partial charge in [-0.3, -0.25) is 0 Å². The van der Waals surface area contributed by atoms with E-state index in [1.54, 1.807) is 0 Å². The van der Waals surface area contributed by atoms with Gasteiger partial charge in [0.05, 0.1) is 0 Å². The molecule has 1 spiro atoms. The Bertz CT molecular complexity index is 231. The highest BCUT2D eigenvalue weighted by molar-refractivity contribution is 5.11. The van der Waals surface area contributed by atoms with Gasteiger partial charge in [-0.15, -0.1) is 0 Å². The van der Waals surface area contributed by atoms with Crippen LogP contribution in [0.1, 0.15) is 55.4 Å². The van der Waals surface area contributed by atoms with Gasteiger partial charge in [0.1, 0.15) is 0 Å². The Labute approximate surface area is 109 Å². The molecule has 8 atom stereocenters. The highest BCUT2D eigenvalue weighted by Gasteiger charge is 2.63. The summed E-state index contributed by atoms with van der Waals surface area (Å²) < 4.78 is 0. The Kier molecular flexibility index (Phi) is 3.16. The summed E-state index contributed by atoms with van der Waals surface area (Å²) in [4.78, 5) is 0. The van der Waals surface area contributed by atoms with Crippen molar-refractivity contribution >= 4 is 0 Å². The van der Waals surface area contributed by atoms with Crippen molar-refractivity contribution in [1.82, 2.24) is 0 Å². The van der Waals surface area contributed by atoms with Crippen molar-refractivity contribution in [2.24, 2.45) is 52.8 Å². The number of hydrogen-bond donors (Lipinski definition) is 0. The van der Waals surface area contributed by atoms with Crippen LogP contribution in [0.2, 0.25) is 0 Å². The molecule has 0 bridgehead atoms. The molecule has 0 amide bonds. The lowest BCUT2D eigenvalue weighted by molar-refractivity contribution is 0.0317. The highest BCUT2D eigenvalue weighted by atomic mass is 14.7. The van der Waals surface area contributed by atoms with Crippen LogP contribution in [-0.2, 0) is 0 Å². The topological polar surface area (TPSA) is 0 Å². The molecule has 17 heavy (non-hydrogen) atoms. The lowest BCUT2D eigenvalue weighted by Gasteiger charge is -2.44. The lowest BCUT2D eigenvalue weighted by atomic mass is 9.60. The van der Waals surface area contributed by atoms with Gasteiger partial charge in [0.25, 0.3) is 0 Å². The second-order valence-electron chi connectivity index (χ2n) is 7.59. The van der Waals surface area contributed by atoms with Crippen LogP contribution in [0.15, 0.2) is 0 Å². The van der Waals surface area contributed by atoms with Gasteiger partial charge in [-0.2, -0.15) is 0 Å². The van der Waals surface area contributed by atoms with Crippen molar-refractivity contribution in [2.45, 2.75) is 55.4 Å². The summed E-state index contributed by atoms with van der Waals surface area (Å²) in [5.41, 5.74) is 0.609. The molecule has 0 unspecified atom stereocenters. The Hall–Kier alpha value is 0. The predicted octanol–water partition coefficient (Wildman–Crippen LogP) is 5.09. The molecule has 0 aromatic rings. The third-order valence-corrected chi connectivity index (χ3v) is 7.97. The summed E-state index contributed by atoms with van der Waals surface area (Å²) >= 11 is 0. The quantitative estimate of drug-likeness (QED) is 0.549. The van der Waals surface area contributed by atoms with E-state index in [1.807, 2.05) is 0 Å². The molecule has 0 heteroatoms. The van der Waals surface area contributed by atoms with E-state index >= 15 is 0 Å². The predicted molar refractivity (Wildman–Crippen MR) is 75.7 cm³/mol. The first-order valence-corrected chi connectivity index (χ1v) is 7.77. The molecule has 0 saturated heterocycles. The minimum Gasteiger partial charge on any atom is -0.0620 e. The van der Waals surface area contributed by atoms with Gasteiger partial charge in [0, 0.05) is 0 Å². The molecule has 100 valence electrons. The molecule has 2 aliphatic carbocycles. The normalized spacial score (nSPS) is 57.9. The fourth-order valence-electron chi connectivity index (χ4n) is 6.13. The Balaban J connectivity index is 2.48. The molecule has 2 aliphatic rings. The summed E-state index contributed by atoms with van der Waals surface area (Å²) in [6, 6.07) is 0. The molecule has 2 rings (SSSR count). The zero-order valence-corrected chi connectivity index (χ0v) is 13.1. The van der Waals surface area contributed by atoms with E-state index in [9.17, 15) is 0 Å². The molecule has 0 nitrogen and oxygen atoms in total. The zero-order chi connectivity index (χ0) is 13.1. The largest absolute Gasteiger partial charge is 0.0620 e. The maximum absolute atomic E-state index is 2.54. The Morgan fingerprint density at radius 1 is 0.412 bits per heavy atom. The molecule has 0 radical (unpaired) electrons. The van der Waals surface area contributed by atoms with Crippen LogP contribution in [0.4, 0.5) is 0 Å². The number of hydrogen-bond acceptors (Lipinski definition) is 0. The van der Waals surface area contributed by atoms with Crippen LogP contribution < -0.4 is 0 Å². The second kappa shape index (κ2) is 4.00. The number of rotatable bonds is 0. The molecule has 0 aliphatic heterocycles. The minimum absolute atomic E-state index is 0.609. The van der Waals surface area contributed by atoms with Gasteiger partial charge in [0.15, 0.2) is 0 Å². The maximum atomic E-state index is 2.54. The molecule has 2 fully saturated rings. The van der Waals surface area contributed by atoms with Gasteiger partial charge < -0.3 is 0 Å². The highest BCUT2D eigenvalue weighted by Crippen LogP contribution is 2.68. The summed E-state index contributed by atoms with van der Waals surface area (Å²) in [7, 11) is 0. The fraction of sp³-hybridized carbons (Fsp3) is 1.00. The van der Waals surface area contributed by atoms with E-state index in [0.29, 0.717) is 5.41 Å². The van der Waals surface area contributed by atoms with E-state index in [4.69, 9.17) is 0 Å². The first kappa shape index (κ1) is 13.4. The summed E-state index contributed by atoms with van der Waals surface area (Å²) in [6.07, 6.45) is 0. The third-order valence-electron chi connectivity index (χ3n) is 7.97. The summed E-state index contributed by atoms with van der Waals surface area (Å²) in [5.74, 6) is 7.16. The van der Waals surface area contributed by atoms with Gasteiger partial charge in [0.2, 0.25) is 0 Å². The molecule has 2 saturated carbocycles. The first-order valence-electron chi connectivity index (χ1n) is 7.77. The minimum atomic E-state index is 0.609. The van der Waals surface area contributed by atoms with E-state index in [2.05, 4.69) is 55.4 Å². The molecule has 0 aromatic carbocycles. The van der Waals surface area contributed by atoms with Crippen molar-refractivity contribution in [1.29, 1.82) is 0 Å². The van der Waals surface area contributed by atoms with Crippen LogP contribution in [0, 0.1) is 52.8 Å². The van der Waals surface area contributed by atoms with Crippen LogP contribution in [0.25, 0.3) is 0 Å². The molecule has 0 N–H and O–H groups in total. The van der Waals surface area contributed by atoms with Crippen LogP contribution in [-0.4, -0.2) is 0 Å². The Morgan fingerprint density at radius 3 is 0.765 bits per heavy atom. The average molecular weight is 236 g/mol. The van der Waals surface area contributed by atoms with Gasteiger partial charge >= 0.3 is 0 Å². The van der Waals surface area contributed by atoms with Crippen LogP contribution in [0.5, 0.6) is 0 Å². The molecule has 0 aromatic heterocycles. The van der Waals surface area contributed by atoms with Gasteiger partial charge in [-0.25, -0.2) is 0 Å². The first-order chi connectivity index (χ1) is 7.77. The molecular weight excluding hydrogens is 204 g/mol. The third kappa shape index (κ3) is 1.36. The Morgan fingerprint density at radius 2 is 0.588 bits per heavy atom. The smallest absolute Gasteiger partial charge is 0.0184 e. The lowest BCUT2D eigenvalue weighted by Crippen LogP contribution is -2.39. The molecular formula is C17H32. The van der Waals surface area contributed by atoms with Crippen molar-refractivity contribution in [3.8, 4) is 0 Å². The standard InChI is InChI=1S/C17H32/c1-9-10(2)14(6)17(13(9)5)15(7)11(3)12(4)16(17)8/h9-16H,1-8H3/t9-,10+,11-,12+,13-,14+,15-,16+,17?. The van der Waals surface area contributed by atoms with Gasteiger partial charge in [-0.1, -0.05) is 55.4 Å². The average Bonchev–Trinajstić information content (AvgIpc) is 2.58. The van der Waals surface area contributed by atoms with Crippen molar-refractivity contribution in [2.75, 3.05) is 0 Å². The van der Waals surface area contributed by atoms with E-state index < -0.39 is 0 Å². The zero-order valence-electron chi connectivity index (χ0n) is 13.1. The van der Waals surface area contributed by atoms with Crippen LogP contribution >= 0.6 is 0 Å². The summed E-state index contributed by atoms with van der Waals surface area (Å²) in [6.45, 7) is 20.2. The monoisotopic (exact) mass is 236 g/mol. The van der Waals surface area contributed by atoms with Crippen molar-refractivity contribution in [3.63, 3.8) is 0 Å². The van der Waals surface area contributed by atoms with Crippen molar-refractivity contribution in [3.05, 3.63) is 0 Å². The maximum Gasteiger partial charge on any atom is -0.0184 e. The summed E-state index contributed by atoms with van der Waals surface area (Å²) in [5, 5.41) is 0. The molecule has 0 heterocycles. The second-order valence-corrected chi connectivity index (χ2v) is 7.59. The van der Waals surface area contributed by atoms with Gasteiger partial charge in [-0.05, 0) is 52.8 Å². The van der Waals surface area contributed by atoms with E-state index in [0.717, 1.165) is 47.3 Å². The SMILES string of the molecule is C[C@@H]1[C@H](C)[C@H](C)C2([C@@H]1C)[C@H](C)[C@H](C)[C@H](C)[C@@H]2C. The fourth-order valence-corrected chi connectivity index (χ4v) is 6.13.